The largest absolute Gasteiger partial charge is 0.327 e. The first-order valence-corrected chi connectivity index (χ1v) is 5.95. The van der Waals surface area contributed by atoms with Gasteiger partial charge in [-0.2, -0.15) is 0 Å². The Hall–Kier alpha value is 0.150. The molecule has 0 aromatic rings. The van der Waals surface area contributed by atoms with Crippen LogP contribution < -0.4 is 0 Å². The normalized spacial score (nSPS) is 18.8. The Kier molecular flexibility index (Phi) is 4.98. The Labute approximate surface area is 71.5 Å². The minimum absolute atomic E-state index is 0.230. The number of rotatable bonds is 5. The third-order valence-corrected chi connectivity index (χ3v) is 3.81. The van der Waals surface area contributed by atoms with E-state index in [2.05, 4.69) is 0 Å². The van der Waals surface area contributed by atoms with Crippen LogP contribution in [0.1, 0.15) is 6.92 Å². The molecule has 2 atom stereocenters. The zero-order valence-corrected chi connectivity index (χ0v) is 8.27. The summed E-state index contributed by atoms with van der Waals surface area (Å²) in [5, 5.41) is 0. The maximum absolute atomic E-state index is 11.4. The number of carbonyl (C=O) groups is 1. The van der Waals surface area contributed by atoms with Gasteiger partial charge in [0.15, 0.2) is 0 Å². The van der Waals surface area contributed by atoms with Crippen LogP contribution in [0, 0.1) is 0 Å². The maximum Gasteiger partial charge on any atom is 0.209 e. The van der Waals surface area contributed by atoms with Crippen molar-refractivity contribution in [3.8, 4) is 0 Å². The van der Waals surface area contributed by atoms with Gasteiger partial charge in [-0.1, -0.05) is 0 Å². The summed E-state index contributed by atoms with van der Waals surface area (Å²) in [7, 11) is -2.75. The highest BCUT2D eigenvalue weighted by molar-refractivity contribution is 7.59. The predicted molar refractivity (Wildman–Crippen MR) is 45.7 cm³/mol. The van der Waals surface area contributed by atoms with Crippen molar-refractivity contribution >= 4 is 25.3 Å². The molecule has 0 radical (unpaired) electrons. The van der Waals surface area contributed by atoms with E-state index < -0.39 is 13.0 Å². The fraction of sp³-hybridized carbons (Fsp3) is 0.833. The third kappa shape index (κ3) is 3.90. The van der Waals surface area contributed by atoms with Crippen molar-refractivity contribution in [1.29, 1.82) is 0 Å². The van der Waals surface area contributed by atoms with E-state index >= 15 is 0 Å². The lowest BCUT2D eigenvalue weighted by Gasteiger charge is -2.15. The molecule has 0 aromatic heterocycles. The summed E-state index contributed by atoms with van der Waals surface area (Å²) in [6.45, 7) is 3.24. The Morgan fingerprint density at radius 1 is 1.73 bits per heavy atom. The molecule has 5 heteroatoms. The standard InChI is InChI=1S/C6H12ClO3P/c1-6(5-8)11(2,9)10-4-3-7/h5-6H,3-4H2,1-2H3. The van der Waals surface area contributed by atoms with Crippen LogP contribution in [0.2, 0.25) is 0 Å². The highest BCUT2D eigenvalue weighted by Gasteiger charge is 2.23. The zero-order chi connectivity index (χ0) is 8.91. The van der Waals surface area contributed by atoms with E-state index in [4.69, 9.17) is 16.1 Å². The SMILES string of the molecule is CC(C=O)P(C)(=O)OCCCl. The second kappa shape index (κ2) is 4.91. The number of halogens is 1. The van der Waals surface area contributed by atoms with Gasteiger partial charge in [-0.15, -0.1) is 11.6 Å². The Morgan fingerprint density at radius 2 is 2.27 bits per heavy atom. The topological polar surface area (TPSA) is 43.4 Å². The highest BCUT2D eigenvalue weighted by atomic mass is 35.5. The lowest BCUT2D eigenvalue weighted by molar-refractivity contribution is -0.107. The molecule has 0 aliphatic rings. The van der Waals surface area contributed by atoms with Gasteiger partial charge in [0.25, 0.3) is 0 Å². The van der Waals surface area contributed by atoms with Crippen LogP contribution in [0.25, 0.3) is 0 Å². The Balaban J connectivity index is 3.99. The minimum Gasteiger partial charge on any atom is -0.327 e. The molecule has 3 nitrogen and oxygen atoms in total. The van der Waals surface area contributed by atoms with Gasteiger partial charge < -0.3 is 9.32 Å². The van der Waals surface area contributed by atoms with Gasteiger partial charge in [-0.05, 0) is 6.92 Å². The minimum atomic E-state index is -2.75. The first-order chi connectivity index (χ1) is 5.04. The molecule has 0 bridgehead atoms. The summed E-state index contributed by atoms with van der Waals surface area (Å²) in [6.07, 6.45) is 0.634. The third-order valence-electron chi connectivity index (χ3n) is 1.36. The quantitative estimate of drug-likeness (QED) is 0.384. The predicted octanol–water partition coefficient (Wildman–Crippen LogP) is 1.74. The van der Waals surface area contributed by atoms with Gasteiger partial charge in [0.05, 0.1) is 12.3 Å². The van der Waals surface area contributed by atoms with Crippen LogP contribution in [0.3, 0.4) is 0 Å². The van der Waals surface area contributed by atoms with E-state index in [1.54, 1.807) is 6.92 Å². The molecule has 11 heavy (non-hydrogen) atoms. The Bertz CT molecular complexity index is 171. The van der Waals surface area contributed by atoms with Crippen LogP contribution in [0.5, 0.6) is 0 Å². The number of alkyl halides is 1. The van der Waals surface area contributed by atoms with Crippen LogP contribution in [-0.2, 0) is 13.9 Å². The van der Waals surface area contributed by atoms with Crippen LogP contribution in [0.15, 0.2) is 0 Å². The molecule has 0 fully saturated rings. The Morgan fingerprint density at radius 3 is 2.64 bits per heavy atom. The van der Waals surface area contributed by atoms with Crippen molar-refractivity contribution in [3.05, 3.63) is 0 Å². The molecule has 0 aromatic carbocycles. The summed E-state index contributed by atoms with van der Waals surface area (Å²) < 4.78 is 16.3. The first-order valence-electron chi connectivity index (χ1n) is 3.27. The van der Waals surface area contributed by atoms with Crippen LogP contribution >= 0.6 is 19.0 Å². The molecule has 0 aliphatic carbocycles. The van der Waals surface area contributed by atoms with Gasteiger partial charge in [0, 0.05) is 12.5 Å². The molecule has 0 spiro atoms. The molecule has 0 saturated carbocycles. The molecular formula is C6H12ClO3P. The van der Waals surface area contributed by atoms with Crippen molar-refractivity contribution in [3.63, 3.8) is 0 Å². The second-order valence-electron chi connectivity index (χ2n) is 2.31. The molecule has 66 valence electrons. The van der Waals surface area contributed by atoms with Gasteiger partial charge in [-0.25, -0.2) is 0 Å². The summed E-state index contributed by atoms with van der Waals surface area (Å²) in [5.74, 6) is 0.295. The van der Waals surface area contributed by atoms with E-state index in [9.17, 15) is 9.36 Å². The monoisotopic (exact) mass is 198 g/mol. The van der Waals surface area contributed by atoms with Crippen molar-refractivity contribution < 1.29 is 13.9 Å². The molecule has 0 saturated heterocycles. The average molecular weight is 199 g/mol. The molecular weight excluding hydrogens is 186 g/mol. The fourth-order valence-electron chi connectivity index (χ4n) is 0.444. The summed E-state index contributed by atoms with van der Waals surface area (Å²) in [6, 6.07) is 0. The van der Waals surface area contributed by atoms with Gasteiger partial charge in [0.2, 0.25) is 7.37 Å². The smallest absolute Gasteiger partial charge is 0.209 e. The number of aldehydes is 1. The fourth-order valence-corrected chi connectivity index (χ4v) is 1.54. The lowest BCUT2D eigenvalue weighted by atomic mass is 10.5. The zero-order valence-electron chi connectivity index (χ0n) is 6.62. The molecule has 0 amide bonds. The lowest BCUT2D eigenvalue weighted by Crippen LogP contribution is -2.07. The second-order valence-corrected chi connectivity index (χ2v) is 5.58. The molecule has 2 unspecified atom stereocenters. The molecule has 0 rings (SSSR count). The number of hydrogen-bond acceptors (Lipinski definition) is 3. The van der Waals surface area contributed by atoms with E-state index in [0.29, 0.717) is 12.2 Å². The van der Waals surface area contributed by atoms with Crippen molar-refractivity contribution in [2.24, 2.45) is 0 Å². The van der Waals surface area contributed by atoms with Crippen LogP contribution in [-0.4, -0.2) is 31.1 Å². The van der Waals surface area contributed by atoms with Crippen molar-refractivity contribution in [2.45, 2.75) is 12.6 Å². The van der Waals surface area contributed by atoms with E-state index in [1.165, 1.54) is 6.66 Å². The maximum atomic E-state index is 11.4. The van der Waals surface area contributed by atoms with Crippen molar-refractivity contribution in [2.75, 3.05) is 19.2 Å². The number of carbonyl (C=O) groups excluding carboxylic acids is 1. The number of hydrogen-bond donors (Lipinski definition) is 0. The van der Waals surface area contributed by atoms with E-state index in [-0.39, 0.29) is 6.61 Å². The van der Waals surface area contributed by atoms with Gasteiger partial charge in [-0.3, -0.25) is 4.57 Å². The summed E-state index contributed by atoms with van der Waals surface area (Å²) in [5.41, 5.74) is -0.536. The van der Waals surface area contributed by atoms with Crippen molar-refractivity contribution in [1.82, 2.24) is 0 Å². The summed E-state index contributed by atoms with van der Waals surface area (Å²) >= 11 is 5.32. The molecule has 0 aliphatic heterocycles. The first kappa shape index (κ1) is 11.2. The summed E-state index contributed by atoms with van der Waals surface area (Å²) in [4.78, 5) is 10.2. The molecule has 0 N–H and O–H groups in total. The highest BCUT2D eigenvalue weighted by Crippen LogP contribution is 2.46. The van der Waals surface area contributed by atoms with Gasteiger partial charge in [0.1, 0.15) is 6.29 Å². The molecule has 0 heterocycles. The van der Waals surface area contributed by atoms with Gasteiger partial charge >= 0.3 is 0 Å². The van der Waals surface area contributed by atoms with E-state index in [1.807, 2.05) is 0 Å². The van der Waals surface area contributed by atoms with E-state index in [0.717, 1.165) is 0 Å². The van der Waals surface area contributed by atoms with Crippen LogP contribution in [0.4, 0.5) is 0 Å². The average Bonchev–Trinajstić information content (AvgIpc) is 1.99.